The average molecular weight is 268 g/mol. The molecule has 1 N–H and O–H groups in total. The second-order valence-corrected chi connectivity index (χ2v) is 5.43. The zero-order valence-electron chi connectivity index (χ0n) is 11.7. The summed E-state index contributed by atoms with van der Waals surface area (Å²) in [5.74, 6) is 0. The van der Waals surface area contributed by atoms with E-state index in [0.29, 0.717) is 6.04 Å². The molecule has 0 aliphatic carbocycles. The van der Waals surface area contributed by atoms with Gasteiger partial charge < -0.3 is 5.32 Å². The van der Waals surface area contributed by atoms with Gasteiger partial charge in [-0.05, 0) is 37.6 Å². The summed E-state index contributed by atoms with van der Waals surface area (Å²) in [6, 6.07) is 8.53. The summed E-state index contributed by atoms with van der Waals surface area (Å²) in [5.41, 5.74) is 1.31. The van der Waals surface area contributed by atoms with Crippen molar-refractivity contribution < 1.29 is 0 Å². The van der Waals surface area contributed by atoms with Gasteiger partial charge in [0.1, 0.15) is 0 Å². The topological polar surface area (TPSA) is 12.0 Å². The van der Waals surface area contributed by atoms with Gasteiger partial charge in [-0.2, -0.15) is 0 Å². The van der Waals surface area contributed by atoms with Crippen LogP contribution in [0.3, 0.4) is 0 Å². The van der Waals surface area contributed by atoms with Gasteiger partial charge in [-0.3, -0.25) is 0 Å². The minimum absolute atomic E-state index is 0.415. The van der Waals surface area contributed by atoms with Crippen LogP contribution in [0.15, 0.2) is 24.3 Å². The summed E-state index contributed by atoms with van der Waals surface area (Å²) in [7, 11) is 0. The lowest BCUT2D eigenvalue weighted by molar-refractivity contribution is 0.527. The number of hydrogen-bond donors (Lipinski definition) is 1. The molecule has 0 aliphatic rings. The van der Waals surface area contributed by atoms with Crippen LogP contribution in [0.5, 0.6) is 0 Å². The highest BCUT2D eigenvalue weighted by Gasteiger charge is 2.03. The van der Waals surface area contributed by atoms with Gasteiger partial charge in [0.15, 0.2) is 0 Å². The molecule has 1 aromatic carbocycles. The van der Waals surface area contributed by atoms with Crippen LogP contribution in [0.2, 0.25) is 5.02 Å². The van der Waals surface area contributed by atoms with Crippen molar-refractivity contribution in [3.63, 3.8) is 0 Å². The van der Waals surface area contributed by atoms with Crippen molar-refractivity contribution in [2.45, 2.75) is 58.4 Å². The van der Waals surface area contributed by atoms with Gasteiger partial charge in [0, 0.05) is 11.1 Å². The quantitative estimate of drug-likeness (QED) is 0.595. The van der Waals surface area contributed by atoms with E-state index >= 15 is 0 Å². The monoisotopic (exact) mass is 267 g/mol. The van der Waals surface area contributed by atoms with Crippen molar-refractivity contribution in [1.29, 1.82) is 0 Å². The van der Waals surface area contributed by atoms with E-state index in [0.717, 1.165) is 11.6 Å². The Kier molecular flexibility index (Phi) is 8.11. The molecule has 2 heteroatoms. The van der Waals surface area contributed by atoms with Crippen molar-refractivity contribution in [2.75, 3.05) is 6.54 Å². The predicted octanol–water partition coefficient (Wildman–Crippen LogP) is 5.35. The molecule has 0 heterocycles. The molecule has 18 heavy (non-hydrogen) atoms. The van der Waals surface area contributed by atoms with Crippen molar-refractivity contribution >= 4 is 11.6 Å². The SMILES string of the molecule is CCCCCCCCN[C@@H](C)c1ccc(Cl)cc1. The van der Waals surface area contributed by atoms with E-state index in [-0.39, 0.29) is 0 Å². The number of rotatable bonds is 9. The summed E-state index contributed by atoms with van der Waals surface area (Å²) < 4.78 is 0. The second kappa shape index (κ2) is 9.41. The molecule has 0 amide bonds. The smallest absolute Gasteiger partial charge is 0.0406 e. The zero-order valence-corrected chi connectivity index (χ0v) is 12.5. The van der Waals surface area contributed by atoms with Crippen molar-refractivity contribution in [1.82, 2.24) is 5.32 Å². The molecule has 1 nitrogen and oxygen atoms in total. The third kappa shape index (κ3) is 6.42. The standard InChI is InChI=1S/C16H26ClN/c1-3-4-5-6-7-8-13-18-14(2)15-9-11-16(17)12-10-15/h9-12,14,18H,3-8,13H2,1-2H3/t14-/m0/s1. The molecule has 102 valence electrons. The molecular weight excluding hydrogens is 242 g/mol. The Morgan fingerprint density at radius 2 is 1.61 bits per heavy atom. The Morgan fingerprint density at radius 1 is 1.00 bits per heavy atom. The highest BCUT2D eigenvalue weighted by Crippen LogP contribution is 2.16. The van der Waals surface area contributed by atoms with Crippen molar-refractivity contribution in [3.05, 3.63) is 34.9 Å². The first-order chi connectivity index (χ1) is 8.74. The van der Waals surface area contributed by atoms with Crippen LogP contribution in [-0.4, -0.2) is 6.54 Å². The number of halogens is 1. The molecule has 0 saturated heterocycles. The molecule has 1 aromatic rings. The third-order valence-corrected chi connectivity index (χ3v) is 3.60. The number of hydrogen-bond acceptors (Lipinski definition) is 1. The molecule has 1 atom stereocenters. The summed E-state index contributed by atoms with van der Waals surface area (Å²) in [4.78, 5) is 0. The molecule has 0 unspecified atom stereocenters. The van der Waals surface area contributed by atoms with E-state index in [1.165, 1.54) is 44.1 Å². The highest BCUT2D eigenvalue weighted by atomic mass is 35.5. The second-order valence-electron chi connectivity index (χ2n) is 5.00. The maximum absolute atomic E-state index is 5.88. The van der Waals surface area contributed by atoms with Crippen LogP contribution in [0.25, 0.3) is 0 Å². The predicted molar refractivity (Wildman–Crippen MR) is 81.2 cm³/mol. The molecule has 0 bridgehead atoms. The zero-order chi connectivity index (χ0) is 13.2. The van der Waals surface area contributed by atoms with E-state index in [1.807, 2.05) is 12.1 Å². The fourth-order valence-corrected chi connectivity index (χ4v) is 2.22. The van der Waals surface area contributed by atoms with E-state index in [2.05, 4.69) is 31.3 Å². The molecule has 1 rings (SSSR count). The summed E-state index contributed by atoms with van der Waals surface area (Å²) in [6.07, 6.45) is 8.11. The number of benzene rings is 1. The lowest BCUT2D eigenvalue weighted by atomic mass is 10.1. The Labute approximate surface area is 117 Å². The largest absolute Gasteiger partial charge is 0.310 e. The van der Waals surface area contributed by atoms with Crippen LogP contribution >= 0.6 is 11.6 Å². The highest BCUT2D eigenvalue weighted by molar-refractivity contribution is 6.30. The van der Waals surface area contributed by atoms with E-state index in [1.54, 1.807) is 0 Å². The fraction of sp³-hybridized carbons (Fsp3) is 0.625. The van der Waals surface area contributed by atoms with E-state index < -0.39 is 0 Å². The van der Waals surface area contributed by atoms with Gasteiger partial charge in [-0.1, -0.05) is 62.8 Å². The summed E-state index contributed by atoms with van der Waals surface area (Å²) >= 11 is 5.88. The lowest BCUT2D eigenvalue weighted by Gasteiger charge is -2.14. The van der Waals surface area contributed by atoms with Crippen LogP contribution in [-0.2, 0) is 0 Å². The van der Waals surface area contributed by atoms with Crippen LogP contribution in [0, 0.1) is 0 Å². The first kappa shape index (κ1) is 15.5. The summed E-state index contributed by atoms with van der Waals surface area (Å²) in [5, 5.41) is 4.37. The summed E-state index contributed by atoms with van der Waals surface area (Å²) in [6.45, 7) is 5.57. The number of unbranched alkanes of at least 4 members (excludes halogenated alkanes) is 5. The molecule has 0 aromatic heterocycles. The molecule has 0 spiro atoms. The Morgan fingerprint density at radius 3 is 2.28 bits per heavy atom. The van der Waals surface area contributed by atoms with Gasteiger partial charge >= 0.3 is 0 Å². The minimum atomic E-state index is 0.415. The maximum atomic E-state index is 5.88. The van der Waals surface area contributed by atoms with Gasteiger partial charge in [0.05, 0.1) is 0 Å². The third-order valence-electron chi connectivity index (χ3n) is 3.35. The van der Waals surface area contributed by atoms with Gasteiger partial charge in [0.2, 0.25) is 0 Å². The fourth-order valence-electron chi connectivity index (χ4n) is 2.09. The van der Waals surface area contributed by atoms with Crippen LogP contribution in [0.4, 0.5) is 0 Å². The van der Waals surface area contributed by atoms with Crippen LogP contribution in [0.1, 0.15) is 64.0 Å². The van der Waals surface area contributed by atoms with E-state index in [9.17, 15) is 0 Å². The maximum Gasteiger partial charge on any atom is 0.0406 e. The number of nitrogens with one attached hydrogen (secondary N) is 1. The minimum Gasteiger partial charge on any atom is -0.310 e. The normalized spacial score (nSPS) is 12.6. The van der Waals surface area contributed by atoms with E-state index in [4.69, 9.17) is 11.6 Å². The first-order valence-electron chi connectivity index (χ1n) is 7.23. The molecular formula is C16H26ClN. The molecule has 0 radical (unpaired) electrons. The van der Waals surface area contributed by atoms with Crippen LogP contribution < -0.4 is 5.32 Å². The molecule has 0 saturated carbocycles. The average Bonchev–Trinajstić information content (AvgIpc) is 2.38. The van der Waals surface area contributed by atoms with Gasteiger partial charge in [0.25, 0.3) is 0 Å². The van der Waals surface area contributed by atoms with Crippen molar-refractivity contribution in [2.24, 2.45) is 0 Å². The Balaban J connectivity index is 2.10. The first-order valence-corrected chi connectivity index (χ1v) is 7.60. The Bertz CT molecular complexity index is 307. The lowest BCUT2D eigenvalue weighted by Crippen LogP contribution is -2.19. The van der Waals surface area contributed by atoms with Crippen molar-refractivity contribution in [3.8, 4) is 0 Å². The molecule has 0 aliphatic heterocycles. The van der Waals surface area contributed by atoms with Gasteiger partial charge in [-0.25, -0.2) is 0 Å². The Hall–Kier alpha value is -0.530. The molecule has 0 fully saturated rings. The van der Waals surface area contributed by atoms with Gasteiger partial charge in [-0.15, -0.1) is 0 Å².